The first-order valence-corrected chi connectivity index (χ1v) is 8.08. The summed E-state index contributed by atoms with van der Waals surface area (Å²) >= 11 is 0. The zero-order chi connectivity index (χ0) is 15.8. The topological polar surface area (TPSA) is 60.9 Å². The normalized spacial score (nSPS) is 29.7. The van der Waals surface area contributed by atoms with Crippen LogP contribution in [0.25, 0.3) is 0 Å². The summed E-state index contributed by atoms with van der Waals surface area (Å²) in [5, 5.41) is 9.59. The van der Waals surface area contributed by atoms with Crippen LogP contribution in [0.15, 0.2) is 0 Å². The molecule has 1 N–H and O–H groups in total. The van der Waals surface area contributed by atoms with Crippen molar-refractivity contribution >= 4 is 12.0 Å². The van der Waals surface area contributed by atoms with Crippen LogP contribution < -0.4 is 0 Å². The molecule has 2 saturated heterocycles. The lowest BCUT2D eigenvalue weighted by Gasteiger charge is -2.33. The minimum Gasteiger partial charge on any atom is -0.481 e. The van der Waals surface area contributed by atoms with Crippen molar-refractivity contribution in [1.29, 1.82) is 0 Å². The summed E-state index contributed by atoms with van der Waals surface area (Å²) in [5.41, 5.74) is -0.775. The van der Waals surface area contributed by atoms with Crippen LogP contribution in [0.3, 0.4) is 0 Å². The Morgan fingerprint density at radius 3 is 2.33 bits per heavy atom. The molecule has 0 radical (unpaired) electrons. The van der Waals surface area contributed by atoms with Gasteiger partial charge in [0.1, 0.15) is 0 Å². The Kier molecular flexibility index (Phi) is 4.49. The number of amides is 2. The van der Waals surface area contributed by atoms with Crippen LogP contribution >= 0.6 is 0 Å². The van der Waals surface area contributed by atoms with Crippen LogP contribution in [0.5, 0.6) is 0 Å². The average molecular weight is 296 g/mol. The van der Waals surface area contributed by atoms with E-state index < -0.39 is 11.4 Å². The Morgan fingerprint density at radius 1 is 1.19 bits per heavy atom. The van der Waals surface area contributed by atoms with Crippen LogP contribution in [0.2, 0.25) is 0 Å². The third-order valence-corrected chi connectivity index (χ3v) is 5.42. The van der Waals surface area contributed by atoms with Gasteiger partial charge in [-0.3, -0.25) is 4.79 Å². The molecule has 0 aliphatic carbocycles. The Bertz CT molecular complexity index is 422. The van der Waals surface area contributed by atoms with Gasteiger partial charge in [0.2, 0.25) is 0 Å². The highest BCUT2D eigenvalue weighted by Gasteiger charge is 2.49. The molecule has 2 unspecified atom stereocenters. The van der Waals surface area contributed by atoms with Crippen LogP contribution in [-0.4, -0.2) is 52.6 Å². The van der Waals surface area contributed by atoms with E-state index in [4.69, 9.17) is 0 Å². The number of nitrogens with zero attached hydrogens (tertiary/aromatic N) is 2. The number of aliphatic carboxylic acids is 1. The molecule has 5 nitrogen and oxygen atoms in total. The Morgan fingerprint density at radius 2 is 1.86 bits per heavy atom. The second-order valence-corrected chi connectivity index (χ2v) is 7.22. The monoisotopic (exact) mass is 296 g/mol. The van der Waals surface area contributed by atoms with Gasteiger partial charge in [0, 0.05) is 25.7 Å². The molecule has 5 heteroatoms. The molecule has 0 aromatic heterocycles. The second kappa shape index (κ2) is 5.85. The fourth-order valence-electron chi connectivity index (χ4n) is 3.79. The number of likely N-dealkylation sites (tertiary alicyclic amines) is 2. The Labute approximate surface area is 127 Å². The summed E-state index contributed by atoms with van der Waals surface area (Å²) in [6.07, 6.45) is 2.67. The number of carbonyl (C=O) groups excluding carboxylic acids is 1. The smallest absolute Gasteiger partial charge is 0.320 e. The summed E-state index contributed by atoms with van der Waals surface area (Å²) < 4.78 is 0. The molecule has 21 heavy (non-hydrogen) atoms. The maximum Gasteiger partial charge on any atom is 0.320 e. The molecular formula is C16H28N2O3. The lowest BCUT2D eigenvalue weighted by atomic mass is 9.76. The summed E-state index contributed by atoms with van der Waals surface area (Å²) in [6.45, 7) is 9.89. The molecule has 0 bridgehead atoms. The number of carbonyl (C=O) groups is 2. The fourth-order valence-corrected chi connectivity index (χ4v) is 3.79. The van der Waals surface area contributed by atoms with Crippen molar-refractivity contribution in [3.8, 4) is 0 Å². The summed E-state index contributed by atoms with van der Waals surface area (Å²) in [7, 11) is 0. The molecule has 2 aliphatic rings. The maximum absolute atomic E-state index is 12.8. The van der Waals surface area contributed by atoms with Crippen LogP contribution in [0.4, 0.5) is 4.79 Å². The molecule has 0 saturated carbocycles. The molecule has 2 rings (SSSR count). The number of urea groups is 1. The van der Waals surface area contributed by atoms with E-state index in [0.717, 1.165) is 19.4 Å². The fraction of sp³-hybridized carbons (Fsp3) is 0.875. The van der Waals surface area contributed by atoms with Gasteiger partial charge in [0.15, 0.2) is 0 Å². The van der Waals surface area contributed by atoms with Gasteiger partial charge >= 0.3 is 12.0 Å². The highest BCUT2D eigenvalue weighted by molar-refractivity contribution is 5.80. The quantitative estimate of drug-likeness (QED) is 0.871. The van der Waals surface area contributed by atoms with Crippen molar-refractivity contribution in [1.82, 2.24) is 9.80 Å². The lowest BCUT2D eigenvalue weighted by Crippen LogP contribution is -2.48. The zero-order valence-electron chi connectivity index (χ0n) is 13.6. The largest absolute Gasteiger partial charge is 0.481 e. The summed E-state index contributed by atoms with van der Waals surface area (Å²) in [4.78, 5) is 28.1. The van der Waals surface area contributed by atoms with E-state index in [9.17, 15) is 14.7 Å². The van der Waals surface area contributed by atoms with E-state index in [1.54, 1.807) is 4.90 Å². The minimum atomic E-state index is -0.775. The van der Waals surface area contributed by atoms with Gasteiger partial charge in [-0.2, -0.15) is 0 Å². The van der Waals surface area contributed by atoms with Gasteiger partial charge in [0.25, 0.3) is 0 Å². The van der Waals surface area contributed by atoms with Gasteiger partial charge in [-0.25, -0.2) is 4.79 Å². The van der Waals surface area contributed by atoms with Gasteiger partial charge in [-0.05, 0) is 31.1 Å². The third kappa shape index (κ3) is 2.74. The molecule has 2 amide bonds. The molecule has 2 fully saturated rings. The van der Waals surface area contributed by atoms with Crippen LogP contribution in [0.1, 0.15) is 47.0 Å². The lowest BCUT2D eigenvalue weighted by molar-refractivity contribution is -0.150. The highest BCUT2D eigenvalue weighted by Crippen LogP contribution is 2.39. The molecule has 2 atom stereocenters. The molecule has 2 aliphatic heterocycles. The summed E-state index contributed by atoms with van der Waals surface area (Å²) in [6, 6.07) is 0.339. The minimum absolute atomic E-state index is 0.0345. The van der Waals surface area contributed by atoms with Gasteiger partial charge < -0.3 is 14.9 Å². The number of hydrogen-bond acceptors (Lipinski definition) is 2. The second-order valence-electron chi connectivity index (χ2n) is 7.22. The van der Waals surface area contributed by atoms with Crippen molar-refractivity contribution in [2.75, 3.05) is 19.6 Å². The number of hydrogen-bond donors (Lipinski definition) is 1. The first kappa shape index (κ1) is 16.1. The van der Waals surface area contributed by atoms with Gasteiger partial charge in [-0.1, -0.05) is 27.7 Å². The Hall–Kier alpha value is -1.26. The molecule has 120 valence electrons. The number of carboxylic acid groups (broad SMARTS) is 1. The van der Waals surface area contributed by atoms with E-state index in [1.807, 2.05) is 18.7 Å². The van der Waals surface area contributed by atoms with Crippen molar-refractivity contribution in [2.24, 2.45) is 17.3 Å². The molecule has 0 spiro atoms. The van der Waals surface area contributed by atoms with E-state index in [-0.39, 0.29) is 11.9 Å². The number of carboxylic acids is 1. The van der Waals surface area contributed by atoms with Crippen molar-refractivity contribution in [2.45, 2.75) is 53.0 Å². The highest BCUT2D eigenvalue weighted by atomic mass is 16.4. The van der Waals surface area contributed by atoms with Crippen LogP contribution in [-0.2, 0) is 4.79 Å². The zero-order valence-corrected chi connectivity index (χ0v) is 13.6. The summed E-state index contributed by atoms with van der Waals surface area (Å²) in [5.74, 6) is -0.282. The first-order valence-electron chi connectivity index (χ1n) is 8.08. The van der Waals surface area contributed by atoms with Gasteiger partial charge in [0.05, 0.1) is 5.41 Å². The predicted octanol–water partition coefficient (Wildman–Crippen LogP) is 2.66. The van der Waals surface area contributed by atoms with Crippen molar-refractivity contribution in [3.63, 3.8) is 0 Å². The van der Waals surface area contributed by atoms with E-state index >= 15 is 0 Å². The van der Waals surface area contributed by atoms with Crippen molar-refractivity contribution in [3.05, 3.63) is 0 Å². The molecular weight excluding hydrogens is 268 g/mol. The molecule has 0 aromatic carbocycles. The van der Waals surface area contributed by atoms with Crippen molar-refractivity contribution < 1.29 is 14.7 Å². The predicted molar refractivity (Wildman–Crippen MR) is 81.1 cm³/mol. The van der Waals surface area contributed by atoms with Gasteiger partial charge in [-0.15, -0.1) is 0 Å². The van der Waals surface area contributed by atoms with E-state index in [2.05, 4.69) is 13.8 Å². The molecule has 0 aromatic rings. The third-order valence-electron chi connectivity index (χ3n) is 5.42. The molecule has 2 heterocycles. The Balaban J connectivity index is 2.10. The van der Waals surface area contributed by atoms with E-state index in [1.165, 1.54) is 0 Å². The standard InChI is InChI=1S/C16H28N2O3/c1-11(2)13-6-5-8-18(13)15(21)17-9-7-16(10-17,12(3)4)14(19)20/h11-13H,5-10H2,1-4H3,(H,19,20). The van der Waals surface area contributed by atoms with E-state index in [0.29, 0.717) is 31.5 Å². The SMILES string of the molecule is CC(C)C1CCCN1C(=O)N1CCC(C(=O)O)(C(C)C)C1. The average Bonchev–Trinajstić information content (AvgIpc) is 3.05. The maximum atomic E-state index is 12.8. The van der Waals surface area contributed by atoms with Crippen LogP contribution in [0, 0.1) is 17.3 Å². The first-order chi connectivity index (χ1) is 9.79. The number of rotatable bonds is 3.